The van der Waals surface area contributed by atoms with E-state index >= 15 is 0 Å². The minimum absolute atomic E-state index is 0.284. The van der Waals surface area contributed by atoms with Crippen molar-refractivity contribution in [2.45, 2.75) is 18.9 Å². The minimum Gasteiger partial charge on any atom is -0.350 e. The Bertz CT molecular complexity index is 1400. The summed E-state index contributed by atoms with van der Waals surface area (Å²) in [6, 6.07) is 20.3. The molecule has 0 bridgehead atoms. The van der Waals surface area contributed by atoms with Gasteiger partial charge in [-0.1, -0.05) is 66.8 Å². The standard InChI is InChI=1S/C30H27N5O2/c36-29(33-18-22-8-3-1-4-9-22)28(25-12-7-17-31-19-25)35(30(37)27-20-32-21-34-27)26-15-13-24(14-16-26)23-10-5-2-6-11-23/h2-3,5-17,19-21,28H,1,4,18H2,(H,32,34)(H,33,36). The first-order valence-corrected chi connectivity index (χ1v) is 12.2. The van der Waals surface area contributed by atoms with Crippen molar-refractivity contribution < 1.29 is 9.59 Å². The molecule has 0 spiro atoms. The van der Waals surface area contributed by atoms with Crippen molar-refractivity contribution >= 4 is 17.5 Å². The van der Waals surface area contributed by atoms with Crippen molar-refractivity contribution in [3.8, 4) is 11.1 Å². The predicted molar refractivity (Wildman–Crippen MR) is 144 cm³/mol. The Morgan fingerprint density at radius 1 is 0.919 bits per heavy atom. The number of amides is 2. The van der Waals surface area contributed by atoms with Gasteiger partial charge < -0.3 is 10.3 Å². The number of nitrogens with zero attached hydrogens (tertiary/aromatic N) is 3. The number of pyridine rings is 1. The molecule has 2 heterocycles. The van der Waals surface area contributed by atoms with Gasteiger partial charge in [0.2, 0.25) is 5.91 Å². The maximum atomic E-state index is 13.8. The summed E-state index contributed by atoms with van der Waals surface area (Å²) < 4.78 is 0. The third kappa shape index (κ3) is 5.56. The SMILES string of the molecule is O=C(NCC1=CCCC=C1)C(c1cccnc1)N(C(=O)c1cnc[nH]1)c1ccc(-c2ccccc2)cc1. The van der Waals surface area contributed by atoms with Crippen molar-refractivity contribution in [3.63, 3.8) is 0 Å². The zero-order chi connectivity index (χ0) is 25.5. The summed E-state index contributed by atoms with van der Waals surface area (Å²) in [7, 11) is 0. The van der Waals surface area contributed by atoms with Crippen molar-refractivity contribution in [1.82, 2.24) is 20.3 Å². The van der Waals surface area contributed by atoms with Gasteiger partial charge in [0.05, 0.1) is 12.5 Å². The quantitative estimate of drug-likeness (QED) is 0.354. The number of imidazole rings is 1. The van der Waals surface area contributed by atoms with E-state index in [1.807, 2.05) is 66.7 Å². The van der Waals surface area contributed by atoms with Gasteiger partial charge in [-0.2, -0.15) is 0 Å². The second kappa shape index (κ2) is 11.3. The van der Waals surface area contributed by atoms with Crippen LogP contribution in [-0.2, 0) is 4.79 Å². The number of allylic oxidation sites excluding steroid dienone is 2. The summed E-state index contributed by atoms with van der Waals surface area (Å²) in [5.74, 6) is -0.668. The van der Waals surface area contributed by atoms with Crippen LogP contribution in [0.3, 0.4) is 0 Å². The minimum atomic E-state index is -0.944. The van der Waals surface area contributed by atoms with Crippen LogP contribution in [-0.4, -0.2) is 33.3 Å². The van der Waals surface area contributed by atoms with E-state index in [0.29, 0.717) is 17.8 Å². The first-order chi connectivity index (χ1) is 18.2. The topological polar surface area (TPSA) is 91.0 Å². The highest BCUT2D eigenvalue weighted by Crippen LogP contribution is 2.31. The molecule has 7 heteroatoms. The fourth-order valence-corrected chi connectivity index (χ4v) is 4.37. The van der Waals surface area contributed by atoms with Gasteiger partial charge in [-0.05, 0) is 47.7 Å². The van der Waals surface area contributed by atoms with Gasteiger partial charge in [-0.3, -0.25) is 19.5 Å². The predicted octanol–water partition coefficient (Wildman–Crippen LogP) is 5.25. The van der Waals surface area contributed by atoms with Crippen LogP contribution >= 0.6 is 0 Å². The van der Waals surface area contributed by atoms with Gasteiger partial charge >= 0.3 is 0 Å². The van der Waals surface area contributed by atoms with Crippen molar-refractivity contribution in [1.29, 1.82) is 0 Å². The van der Waals surface area contributed by atoms with E-state index < -0.39 is 6.04 Å². The molecule has 0 saturated carbocycles. The fourth-order valence-electron chi connectivity index (χ4n) is 4.37. The Morgan fingerprint density at radius 3 is 2.41 bits per heavy atom. The Labute approximate surface area is 215 Å². The molecule has 184 valence electrons. The van der Waals surface area contributed by atoms with Crippen LogP contribution in [0, 0.1) is 0 Å². The third-order valence-corrected chi connectivity index (χ3v) is 6.25. The van der Waals surface area contributed by atoms with Gasteiger partial charge in [0.15, 0.2) is 0 Å². The van der Waals surface area contributed by atoms with Gasteiger partial charge in [0.25, 0.3) is 5.91 Å². The third-order valence-electron chi connectivity index (χ3n) is 6.25. The van der Waals surface area contributed by atoms with E-state index in [1.54, 1.807) is 18.5 Å². The van der Waals surface area contributed by atoms with Crippen molar-refractivity contribution in [3.05, 3.63) is 127 Å². The summed E-state index contributed by atoms with van der Waals surface area (Å²) in [6.07, 6.45) is 14.4. The molecule has 7 nitrogen and oxygen atoms in total. The lowest BCUT2D eigenvalue weighted by Gasteiger charge is -2.31. The van der Waals surface area contributed by atoms with Crippen LogP contribution in [0.1, 0.15) is 34.9 Å². The molecule has 2 amide bonds. The molecule has 5 rings (SSSR count). The number of benzene rings is 2. The van der Waals surface area contributed by atoms with Crippen LogP contribution < -0.4 is 10.2 Å². The van der Waals surface area contributed by atoms with E-state index in [-0.39, 0.29) is 17.5 Å². The molecule has 1 unspecified atom stereocenters. The molecule has 2 aromatic heterocycles. The lowest BCUT2D eigenvalue weighted by atomic mass is 10.0. The first-order valence-electron chi connectivity index (χ1n) is 12.2. The molecule has 0 radical (unpaired) electrons. The van der Waals surface area contributed by atoms with Crippen LogP contribution in [0.2, 0.25) is 0 Å². The number of rotatable bonds is 8. The molecule has 2 N–H and O–H groups in total. The molecule has 37 heavy (non-hydrogen) atoms. The summed E-state index contributed by atoms with van der Waals surface area (Å²) in [6.45, 7) is 0.380. The number of hydrogen-bond acceptors (Lipinski definition) is 4. The smallest absolute Gasteiger partial charge is 0.277 e. The summed E-state index contributed by atoms with van der Waals surface area (Å²) in [5.41, 5.74) is 4.59. The second-order valence-electron chi connectivity index (χ2n) is 8.72. The largest absolute Gasteiger partial charge is 0.350 e. The molecule has 0 aliphatic heterocycles. The summed E-state index contributed by atoms with van der Waals surface area (Å²) >= 11 is 0. The van der Waals surface area contributed by atoms with Crippen molar-refractivity contribution in [2.75, 3.05) is 11.4 Å². The maximum absolute atomic E-state index is 13.8. The van der Waals surface area contributed by atoms with E-state index in [4.69, 9.17) is 0 Å². The van der Waals surface area contributed by atoms with Crippen LogP contribution in [0.15, 0.2) is 115 Å². The number of hydrogen-bond donors (Lipinski definition) is 2. The summed E-state index contributed by atoms with van der Waals surface area (Å²) in [4.78, 5) is 40.2. The van der Waals surface area contributed by atoms with E-state index in [9.17, 15) is 9.59 Å². The molecule has 0 saturated heterocycles. The molecule has 2 aromatic carbocycles. The van der Waals surface area contributed by atoms with Gasteiger partial charge in [0.1, 0.15) is 11.7 Å². The molecular formula is C30H27N5O2. The van der Waals surface area contributed by atoms with Gasteiger partial charge in [-0.15, -0.1) is 0 Å². The molecule has 0 fully saturated rings. The number of anilines is 1. The number of aromatic amines is 1. The Balaban J connectivity index is 1.53. The molecule has 1 atom stereocenters. The van der Waals surface area contributed by atoms with E-state index in [0.717, 1.165) is 29.5 Å². The maximum Gasteiger partial charge on any atom is 0.277 e. The van der Waals surface area contributed by atoms with Crippen LogP contribution in [0.4, 0.5) is 5.69 Å². The van der Waals surface area contributed by atoms with Crippen LogP contribution in [0.5, 0.6) is 0 Å². The summed E-state index contributed by atoms with van der Waals surface area (Å²) in [5, 5.41) is 3.03. The normalized spacial score (nSPS) is 13.5. The van der Waals surface area contributed by atoms with Gasteiger partial charge in [0, 0.05) is 30.2 Å². The average molecular weight is 490 g/mol. The first kappa shape index (κ1) is 23.9. The molecular weight excluding hydrogens is 462 g/mol. The Morgan fingerprint density at radius 2 is 1.73 bits per heavy atom. The number of carbonyl (C=O) groups excluding carboxylic acids is 2. The number of aromatic nitrogens is 3. The van der Waals surface area contributed by atoms with E-state index in [2.05, 4.69) is 32.4 Å². The molecule has 4 aromatic rings. The lowest BCUT2D eigenvalue weighted by Crippen LogP contribution is -2.44. The van der Waals surface area contributed by atoms with Crippen LogP contribution in [0.25, 0.3) is 11.1 Å². The zero-order valence-corrected chi connectivity index (χ0v) is 20.2. The lowest BCUT2D eigenvalue weighted by molar-refractivity contribution is -0.122. The number of carbonyl (C=O) groups is 2. The number of nitrogens with one attached hydrogen (secondary N) is 2. The number of H-pyrrole nitrogens is 1. The zero-order valence-electron chi connectivity index (χ0n) is 20.2. The Kier molecular flexibility index (Phi) is 7.31. The highest BCUT2D eigenvalue weighted by atomic mass is 16.2. The van der Waals surface area contributed by atoms with Crippen molar-refractivity contribution in [2.24, 2.45) is 0 Å². The fraction of sp³-hybridized carbons (Fsp3) is 0.133. The monoisotopic (exact) mass is 489 g/mol. The molecule has 1 aliphatic rings. The van der Waals surface area contributed by atoms with Gasteiger partial charge in [-0.25, -0.2) is 4.98 Å². The highest BCUT2D eigenvalue weighted by molar-refractivity contribution is 6.09. The molecule has 1 aliphatic carbocycles. The average Bonchev–Trinajstić information content (AvgIpc) is 3.51. The second-order valence-corrected chi connectivity index (χ2v) is 8.72. The highest BCUT2D eigenvalue weighted by Gasteiger charge is 2.34. The van der Waals surface area contributed by atoms with E-state index in [1.165, 1.54) is 17.4 Å². The Hall–Kier alpha value is -4.78.